The molecule has 1 aromatic carbocycles. The van der Waals surface area contributed by atoms with Crippen molar-refractivity contribution in [2.45, 2.75) is 37.6 Å². The predicted molar refractivity (Wildman–Crippen MR) is 112 cm³/mol. The SMILES string of the molecule is Cc1cc(C(=O)N2CCN(S(=O)(=O)c3ccc(C(N)=O)cc3)CC2)c(C)n1C1CC1. The number of aromatic nitrogens is 1. The van der Waals surface area contributed by atoms with E-state index in [2.05, 4.69) is 4.57 Å². The molecular formula is C21H26N4O4S. The van der Waals surface area contributed by atoms with E-state index in [4.69, 9.17) is 5.73 Å². The lowest BCUT2D eigenvalue weighted by Crippen LogP contribution is -2.50. The first-order chi connectivity index (χ1) is 14.2. The second kappa shape index (κ2) is 7.55. The van der Waals surface area contributed by atoms with Crippen molar-refractivity contribution in [2.75, 3.05) is 26.2 Å². The van der Waals surface area contributed by atoms with Gasteiger partial charge in [-0.2, -0.15) is 4.31 Å². The lowest BCUT2D eigenvalue weighted by Gasteiger charge is -2.34. The van der Waals surface area contributed by atoms with Gasteiger partial charge in [-0.3, -0.25) is 9.59 Å². The van der Waals surface area contributed by atoms with Crippen LogP contribution in [0, 0.1) is 13.8 Å². The summed E-state index contributed by atoms with van der Waals surface area (Å²) in [6.45, 7) is 5.14. The summed E-state index contributed by atoms with van der Waals surface area (Å²) < 4.78 is 29.4. The Hall–Kier alpha value is -2.65. The molecule has 9 heteroatoms. The van der Waals surface area contributed by atoms with Crippen LogP contribution in [0.15, 0.2) is 35.2 Å². The zero-order valence-corrected chi connectivity index (χ0v) is 18.0. The highest BCUT2D eigenvalue weighted by atomic mass is 32.2. The molecule has 2 aliphatic rings. The minimum atomic E-state index is -3.69. The molecule has 1 aliphatic carbocycles. The number of aryl methyl sites for hydroxylation is 1. The maximum Gasteiger partial charge on any atom is 0.255 e. The van der Waals surface area contributed by atoms with E-state index in [-0.39, 0.29) is 29.5 Å². The summed E-state index contributed by atoms with van der Waals surface area (Å²) in [5, 5.41) is 0. The quantitative estimate of drug-likeness (QED) is 0.779. The Morgan fingerprint density at radius 1 is 1.00 bits per heavy atom. The second-order valence-electron chi connectivity index (χ2n) is 7.97. The van der Waals surface area contributed by atoms with Gasteiger partial charge in [0, 0.05) is 49.2 Å². The normalized spacial score (nSPS) is 17.9. The second-order valence-corrected chi connectivity index (χ2v) is 9.91. The van der Waals surface area contributed by atoms with Crippen molar-refractivity contribution in [1.29, 1.82) is 0 Å². The molecule has 1 aromatic heterocycles. The lowest BCUT2D eigenvalue weighted by atomic mass is 10.2. The van der Waals surface area contributed by atoms with Crippen LogP contribution in [0.25, 0.3) is 0 Å². The summed E-state index contributed by atoms with van der Waals surface area (Å²) in [5.74, 6) is -0.648. The molecule has 0 spiro atoms. The molecule has 2 amide bonds. The maximum atomic E-state index is 13.1. The third-order valence-electron chi connectivity index (χ3n) is 5.93. The summed E-state index contributed by atoms with van der Waals surface area (Å²) in [4.78, 5) is 26.1. The van der Waals surface area contributed by atoms with Crippen molar-refractivity contribution < 1.29 is 18.0 Å². The molecule has 2 N–H and O–H groups in total. The monoisotopic (exact) mass is 430 g/mol. The van der Waals surface area contributed by atoms with Crippen LogP contribution in [0.2, 0.25) is 0 Å². The summed E-state index contributed by atoms with van der Waals surface area (Å²) in [6, 6.07) is 8.04. The van der Waals surface area contributed by atoms with E-state index in [1.165, 1.54) is 28.6 Å². The molecule has 0 atom stereocenters. The zero-order chi connectivity index (χ0) is 21.6. The minimum Gasteiger partial charge on any atom is -0.366 e. The van der Waals surface area contributed by atoms with E-state index < -0.39 is 15.9 Å². The number of sulfonamides is 1. The van der Waals surface area contributed by atoms with E-state index in [0.29, 0.717) is 24.7 Å². The topological polar surface area (TPSA) is 106 Å². The van der Waals surface area contributed by atoms with E-state index in [0.717, 1.165) is 24.2 Å². The number of nitrogens with zero attached hydrogens (tertiary/aromatic N) is 3. The van der Waals surface area contributed by atoms with Crippen molar-refractivity contribution in [1.82, 2.24) is 13.8 Å². The van der Waals surface area contributed by atoms with Crippen molar-refractivity contribution >= 4 is 21.8 Å². The van der Waals surface area contributed by atoms with Crippen molar-refractivity contribution in [3.8, 4) is 0 Å². The predicted octanol–water partition coefficient (Wildman–Crippen LogP) is 1.69. The molecule has 0 radical (unpaired) electrons. The minimum absolute atomic E-state index is 0.0436. The van der Waals surface area contributed by atoms with Gasteiger partial charge >= 0.3 is 0 Å². The summed E-state index contributed by atoms with van der Waals surface area (Å²) in [6.07, 6.45) is 2.31. The molecule has 2 fully saturated rings. The van der Waals surface area contributed by atoms with Gasteiger partial charge in [-0.1, -0.05) is 0 Å². The molecule has 2 heterocycles. The number of hydrogen-bond donors (Lipinski definition) is 1. The number of carbonyl (C=O) groups is 2. The summed E-state index contributed by atoms with van der Waals surface area (Å²) in [7, 11) is -3.69. The van der Waals surface area contributed by atoms with Crippen LogP contribution >= 0.6 is 0 Å². The van der Waals surface area contributed by atoms with Crippen LogP contribution in [0.3, 0.4) is 0 Å². The number of hydrogen-bond acceptors (Lipinski definition) is 4. The number of rotatable bonds is 5. The van der Waals surface area contributed by atoms with Crippen LogP contribution in [0.4, 0.5) is 0 Å². The van der Waals surface area contributed by atoms with Gasteiger partial charge in [-0.05, 0) is 57.0 Å². The Balaban J connectivity index is 1.45. The van der Waals surface area contributed by atoms with Crippen LogP contribution in [0.5, 0.6) is 0 Å². The van der Waals surface area contributed by atoms with Gasteiger partial charge in [0.15, 0.2) is 0 Å². The first-order valence-corrected chi connectivity index (χ1v) is 11.5. The number of primary amides is 1. The molecule has 2 aromatic rings. The van der Waals surface area contributed by atoms with Crippen LogP contribution < -0.4 is 5.73 Å². The van der Waals surface area contributed by atoms with Crippen molar-refractivity contribution in [3.05, 3.63) is 52.8 Å². The Morgan fingerprint density at radius 2 is 1.60 bits per heavy atom. The fourth-order valence-corrected chi connectivity index (χ4v) is 5.55. The van der Waals surface area contributed by atoms with E-state index in [9.17, 15) is 18.0 Å². The fraction of sp³-hybridized carbons (Fsp3) is 0.429. The molecule has 8 nitrogen and oxygen atoms in total. The Bertz CT molecular complexity index is 1090. The molecule has 1 aliphatic heterocycles. The molecule has 30 heavy (non-hydrogen) atoms. The van der Waals surface area contributed by atoms with Crippen LogP contribution in [-0.4, -0.2) is 60.2 Å². The highest BCUT2D eigenvalue weighted by Gasteiger charge is 2.33. The van der Waals surface area contributed by atoms with Gasteiger partial charge in [0.2, 0.25) is 15.9 Å². The van der Waals surface area contributed by atoms with Gasteiger partial charge in [0.05, 0.1) is 10.5 Å². The average Bonchev–Trinajstić information content (AvgIpc) is 3.52. The number of benzene rings is 1. The number of nitrogens with two attached hydrogens (primary N) is 1. The summed E-state index contributed by atoms with van der Waals surface area (Å²) >= 11 is 0. The maximum absolute atomic E-state index is 13.1. The molecule has 4 rings (SSSR count). The van der Waals surface area contributed by atoms with E-state index in [1.54, 1.807) is 4.90 Å². The highest BCUT2D eigenvalue weighted by Crippen LogP contribution is 2.38. The third kappa shape index (κ3) is 3.63. The fourth-order valence-electron chi connectivity index (χ4n) is 4.13. The first kappa shape index (κ1) is 20.6. The molecule has 1 saturated carbocycles. The molecule has 160 valence electrons. The first-order valence-electron chi connectivity index (χ1n) is 10.1. The molecular weight excluding hydrogens is 404 g/mol. The number of piperazine rings is 1. The van der Waals surface area contributed by atoms with Crippen LogP contribution in [-0.2, 0) is 10.0 Å². The lowest BCUT2D eigenvalue weighted by molar-refractivity contribution is 0.0697. The van der Waals surface area contributed by atoms with E-state index >= 15 is 0 Å². The molecule has 0 unspecified atom stereocenters. The Kier molecular flexibility index (Phi) is 5.19. The van der Waals surface area contributed by atoms with Gasteiger partial charge < -0.3 is 15.2 Å². The van der Waals surface area contributed by atoms with Crippen molar-refractivity contribution in [2.24, 2.45) is 5.73 Å². The van der Waals surface area contributed by atoms with Crippen molar-refractivity contribution in [3.63, 3.8) is 0 Å². The smallest absolute Gasteiger partial charge is 0.255 e. The van der Waals surface area contributed by atoms with E-state index in [1.807, 2.05) is 19.9 Å². The number of carbonyl (C=O) groups excluding carboxylic acids is 2. The average molecular weight is 431 g/mol. The number of amides is 2. The third-order valence-corrected chi connectivity index (χ3v) is 7.84. The Labute approximate surface area is 176 Å². The zero-order valence-electron chi connectivity index (χ0n) is 17.2. The van der Waals surface area contributed by atoms with Crippen LogP contribution in [0.1, 0.15) is 51.0 Å². The molecule has 0 bridgehead atoms. The standard InChI is InChI=1S/C21H26N4O4S/c1-14-13-19(15(2)25(14)17-5-6-17)21(27)23-9-11-24(12-10-23)30(28,29)18-7-3-16(4-8-18)20(22)26/h3-4,7-8,13,17H,5-6,9-12H2,1-2H3,(H2,22,26). The largest absolute Gasteiger partial charge is 0.366 e. The Morgan fingerprint density at radius 3 is 2.13 bits per heavy atom. The van der Waals surface area contributed by atoms with Gasteiger partial charge in [-0.25, -0.2) is 8.42 Å². The van der Waals surface area contributed by atoms with Gasteiger partial charge in [0.1, 0.15) is 0 Å². The molecule has 1 saturated heterocycles. The van der Waals surface area contributed by atoms with Gasteiger partial charge in [-0.15, -0.1) is 0 Å². The highest BCUT2D eigenvalue weighted by molar-refractivity contribution is 7.89. The van der Waals surface area contributed by atoms with Gasteiger partial charge in [0.25, 0.3) is 5.91 Å². The summed E-state index contributed by atoms with van der Waals surface area (Å²) in [5.41, 5.74) is 8.26.